The molecule has 2 amide bonds. The first-order valence-corrected chi connectivity index (χ1v) is 9.16. The van der Waals surface area contributed by atoms with Gasteiger partial charge in [0.1, 0.15) is 0 Å². The Hall–Kier alpha value is -3.43. The van der Waals surface area contributed by atoms with E-state index in [2.05, 4.69) is 15.1 Å². The minimum Gasteiger partial charge on any atom is -0.338 e. The molecule has 0 saturated carbocycles. The van der Waals surface area contributed by atoms with E-state index in [0.717, 1.165) is 12.2 Å². The van der Waals surface area contributed by atoms with Crippen LogP contribution in [0.1, 0.15) is 6.04 Å². The molecule has 0 unspecified atom stereocenters. The molecule has 0 atom stereocenters. The predicted octanol–water partition coefficient (Wildman–Crippen LogP) is 0.458. The number of rotatable bonds is 3. The summed E-state index contributed by atoms with van der Waals surface area (Å²) in [6, 6.07) is 3.64. The van der Waals surface area contributed by atoms with Gasteiger partial charge in [-0.05, 0) is 12.1 Å². The largest absolute Gasteiger partial charge is 0.338 e. The van der Waals surface area contributed by atoms with Crippen molar-refractivity contribution in [3.05, 3.63) is 41.1 Å². The second kappa shape index (κ2) is 6.04. The molecule has 144 valence electrons. The lowest BCUT2D eigenvalue weighted by Gasteiger charge is -2.40. The highest BCUT2D eigenvalue weighted by Crippen LogP contribution is 2.28. The van der Waals surface area contributed by atoms with Crippen LogP contribution in [0.2, 0.25) is 0 Å². The van der Waals surface area contributed by atoms with Crippen LogP contribution in [0.25, 0.3) is 11.0 Å². The van der Waals surface area contributed by atoms with Crippen LogP contribution in [0, 0.1) is 0 Å². The Bertz CT molecular complexity index is 1130. The molecular weight excluding hydrogens is 360 g/mol. The zero-order valence-corrected chi connectivity index (χ0v) is 15.7. The summed E-state index contributed by atoms with van der Waals surface area (Å²) in [7, 11) is 3.53. The van der Waals surface area contributed by atoms with E-state index in [1.54, 1.807) is 53.0 Å². The minimum absolute atomic E-state index is 0.00218. The van der Waals surface area contributed by atoms with Crippen LogP contribution in [-0.2, 0) is 7.05 Å². The van der Waals surface area contributed by atoms with Gasteiger partial charge in [0.2, 0.25) is 5.95 Å². The number of urea groups is 1. The van der Waals surface area contributed by atoms with E-state index in [1.165, 1.54) is 0 Å². The summed E-state index contributed by atoms with van der Waals surface area (Å²) in [5, 5.41) is 4.95. The quantitative estimate of drug-likeness (QED) is 0.655. The fourth-order valence-electron chi connectivity index (χ4n) is 3.72. The summed E-state index contributed by atoms with van der Waals surface area (Å²) < 4.78 is 3.45. The van der Waals surface area contributed by atoms with Crippen LogP contribution in [-0.4, -0.2) is 68.5 Å². The van der Waals surface area contributed by atoms with E-state index < -0.39 is 0 Å². The summed E-state index contributed by atoms with van der Waals surface area (Å²) in [5.41, 5.74) is 1.17. The lowest BCUT2D eigenvalue weighted by atomic mass is 10.1. The Morgan fingerprint density at radius 3 is 2.71 bits per heavy atom. The fourth-order valence-corrected chi connectivity index (χ4v) is 3.72. The lowest BCUT2D eigenvalue weighted by Crippen LogP contribution is -2.50. The van der Waals surface area contributed by atoms with Crippen LogP contribution in [0.15, 0.2) is 35.5 Å². The van der Waals surface area contributed by atoms with Crippen molar-refractivity contribution in [2.45, 2.75) is 6.04 Å². The van der Waals surface area contributed by atoms with Crippen LogP contribution >= 0.6 is 0 Å². The van der Waals surface area contributed by atoms with Gasteiger partial charge in [-0.25, -0.2) is 9.78 Å². The maximum atomic E-state index is 12.6. The normalized spacial score (nSPS) is 17.6. The molecule has 3 aromatic heterocycles. The number of aromatic nitrogens is 5. The van der Waals surface area contributed by atoms with Gasteiger partial charge in [0.15, 0.2) is 5.65 Å². The third-order valence-electron chi connectivity index (χ3n) is 5.46. The first-order chi connectivity index (χ1) is 13.5. The number of amides is 2. The number of anilines is 2. The molecule has 0 spiro atoms. The molecule has 0 N–H and O–H groups in total. The monoisotopic (exact) mass is 380 g/mol. The molecule has 2 aliphatic rings. The van der Waals surface area contributed by atoms with Crippen molar-refractivity contribution in [2.75, 3.05) is 43.0 Å². The molecule has 2 saturated heterocycles. The van der Waals surface area contributed by atoms with Crippen molar-refractivity contribution in [1.29, 1.82) is 0 Å². The van der Waals surface area contributed by atoms with Crippen molar-refractivity contribution in [3.8, 4) is 0 Å². The molecule has 2 aliphatic heterocycles. The van der Waals surface area contributed by atoms with Crippen molar-refractivity contribution in [3.63, 3.8) is 0 Å². The zero-order chi connectivity index (χ0) is 19.4. The topological polar surface area (TPSA) is 92.4 Å². The Morgan fingerprint density at radius 2 is 1.96 bits per heavy atom. The predicted molar refractivity (Wildman–Crippen MR) is 104 cm³/mol. The molecule has 0 bridgehead atoms. The summed E-state index contributed by atoms with van der Waals surface area (Å²) in [5.74, 6) is 0.608. The molecule has 2 fully saturated rings. The minimum atomic E-state index is -0.102. The number of nitrogens with zero attached hydrogens (tertiary/aromatic N) is 8. The van der Waals surface area contributed by atoms with E-state index in [-0.39, 0.29) is 17.6 Å². The van der Waals surface area contributed by atoms with Gasteiger partial charge in [-0.3, -0.25) is 18.9 Å². The molecule has 10 nitrogen and oxygen atoms in total. The summed E-state index contributed by atoms with van der Waals surface area (Å²) in [4.78, 5) is 38.9. The van der Waals surface area contributed by atoms with Gasteiger partial charge in [0.25, 0.3) is 5.56 Å². The number of hydrogen-bond donors (Lipinski definition) is 0. The van der Waals surface area contributed by atoms with Gasteiger partial charge in [-0.2, -0.15) is 10.1 Å². The number of carbonyl (C=O) groups excluding carboxylic acids is 1. The molecule has 0 aliphatic carbocycles. The first kappa shape index (κ1) is 16.7. The molecule has 28 heavy (non-hydrogen) atoms. The number of hydrogen-bond acceptors (Lipinski definition) is 6. The summed E-state index contributed by atoms with van der Waals surface area (Å²) in [6.45, 7) is 2.77. The number of pyridine rings is 1. The molecule has 3 aromatic rings. The Kier molecular flexibility index (Phi) is 3.61. The van der Waals surface area contributed by atoms with E-state index in [4.69, 9.17) is 0 Å². The number of carbonyl (C=O) groups is 1. The lowest BCUT2D eigenvalue weighted by molar-refractivity contribution is 0.229. The van der Waals surface area contributed by atoms with Gasteiger partial charge in [0, 0.05) is 52.7 Å². The molecular formula is C18H20N8O2. The Balaban J connectivity index is 1.35. The van der Waals surface area contributed by atoms with Crippen LogP contribution < -0.4 is 15.4 Å². The molecule has 0 radical (unpaired) electrons. The third-order valence-corrected chi connectivity index (χ3v) is 5.46. The third kappa shape index (κ3) is 2.44. The highest BCUT2D eigenvalue weighted by molar-refractivity contribution is 5.93. The first-order valence-electron chi connectivity index (χ1n) is 9.16. The van der Waals surface area contributed by atoms with Gasteiger partial charge in [0.05, 0.1) is 23.3 Å². The summed E-state index contributed by atoms with van der Waals surface area (Å²) in [6.07, 6.45) is 5.28. The Morgan fingerprint density at radius 1 is 1.14 bits per heavy atom. The smallest absolute Gasteiger partial charge is 0.324 e. The standard InChI is InChI=1S/C18H20N8O2/c1-22-6-7-25(18(22)28)12-8-20-26(11-12)13-9-24(10-13)17-21-15-14(4-3-5-19-15)16(27)23(17)2/h3-5,8,11,13H,6-7,9-10H2,1-2H3. The second-order valence-electron chi connectivity index (χ2n) is 7.24. The molecule has 5 heterocycles. The second-order valence-corrected chi connectivity index (χ2v) is 7.24. The number of likely N-dealkylation sites (N-methyl/N-ethyl adjacent to an activating group) is 1. The van der Waals surface area contributed by atoms with Crippen LogP contribution in [0.4, 0.5) is 16.4 Å². The summed E-state index contributed by atoms with van der Waals surface area (Å²) >= 11 is 0. The van der Waals surface area contributed by atoms with E-state index in [9.17, 15) is 9.59 Å². The Labute approximate surface area is 160 Å². The highest BCUT2D eigenvalue weighted by atomic mass is 16.2. The van der Waals surface area contributed by atoms with Gasteiger partial charge >= 0.3 is 6.03 Å². The van der Waals surface area contributed by atoms with Crippen molar-refractivity contribution < 1.29 is 4.79 Å². The van der Waals surface area contributed by atoms with Gasteiger partial charge in [-0.1, -0.05) is 0 Å². The van der Waals surface area contributed by atoms with Crippen molar-refractivity contribution in [2.24, 2.45) is 7.05 Å². The van der Waals surface area contributed by atoms with E-state index >= 15 is 0 Å². The average molecular weight is 380 g/mol. The van der Waals surface area contributed by atoms with E-state index in [0.29, 0.717) is 36.6 Å². The maximum absolute atomic E-state index is 12.6. The van der Waals surface area contributed by atoms with Crippen molar-refractivity contribution in [1.82, 2.24) is 29.2 Å². The molecule has 5 rings (SSSR count). The fraction of sp³-hybridized carbons (Fsp3) is 0.389. The van der Waals surface area contributed by atoms with Crippen LogP contribution in [0.5, 0.6) is 0 Å². The maximum Gasteiger partial charge on any atom is 0.324 e. The number of fused-ring (bicyclic) bond motifs is 1. The molecule has 10 heteroatoms. The van der Waals surface area contributed by atoms with Gasteiger partial charge in [-0.15, -0.1) is 0 Å². The van der Waals surface area contributed by atoms with Crippen LogP contribution in [0.3, 0.4) is 0 Å². The SMILES string of the molecule is CN1CCN(c2cnn(C3CN(c4nc5ncccc5c(=O)n4C)C3)c2)C1=O. The van der Waals surface area contributed by atoms with Crippen molar-refractivity contribution >= 4 is 28.7 Å². The van der Waals surface area contributed by atoms with E-state index in [1.807, 2.05) is 15.8 Å². The highest BCUT2D eigenvalue weighted by Gasteiger charge is 2.33. The average Bonchev–Trinajstić information content (AvgIpc) is 3.25. The molecule has 0 aromatic carbocycles. The zero-order valence-electron chi connectivity index (χ0n) is 15.7. The van der Waals surface area contributed by atoms with Gasteiger partial charge < -0.3 is 9.80 Å².